The van der Waals surface area contributed by atoms with Crippen molar-refractivity contribution in [1.29, 1.82) is 0 Å². The van der Waals surface area contributed by atoms with Gasteiger partial charge in [-0.2, -0.15) is 0 Å². The van der Waals surface area contributed by atoms with Crippen LogP contribution < -0.4 is 4.90 Å². The number of para-hydroxylation sites is 1. The van der Waals surface area contributed by atoms with E-state index in [0.717, 1.165) is 44.4 Å². The zero-order valence-electron chi connectivity index (χ0n) is 30.9. The zero-order valence-corrected chi connectivity index (χ0v) is 30.9. The van der Waals surface area contributed by atoms with E-state index in [4.69, 9.17) is 4.42 Å². The Morgan fingerprint density at radius 3 is 1.78 bits per heavy atom. The summed E-state index contributed by atoms with van der Waals surface area (Å²) in [5, 5.41) is 4.67. The van der Waals surface area contributed by atoms with Gasteiger partial charge < -0.3 is 9.32 Å². The molecule has 2 nitrogen and oxygen atoms in total. The standard InChI is InChI=1S/C52H39NO/c1-51(2)42-22-10-7-17-35(42)37-28-27-34(31-44(37)51)53(46-25-13-21-40-36-18-8-11-23-43(36)52(3,4)50(40)46)45-24-12-9-19-38(45)39-20-14-26-47-49(39)41-29-32-15-5-6-16-33(32)30-48(41)54-47/h5-31H,1-4H3. The zero-order chi connectivity index (χ0) is 36.3. The minimum absolute atomic E-state index is 0.134. The maximum atomic E-state index is 6.61. The molecule has 54 heavy (non-hydrogen) atoms. The molecule has 8 aromatic carbocycles. The molecule has 2 aliphatic carbocycles. The van der Waals surface area contributed by atoms with E-state index in [9.17, 15) is 0 Å². The Hall–Kier alpha value is -6.38. The molecular formula is C52H39NO. The smallest absolute Gasteiger partial charge is 0.136 e. The number of furan rings is 1. The molecule has 1 heterocycles. The van der Waals surface area contributed by atoms with Crippen LogP contribution in [0.3, 0.4) is 0 Å². The summed E-state index contributed by atoms with van der Waals surface area (Å²) in [6.45, 7) is 9.51. The molecular weight excluding hydrogens is 655 g/mol. The molecule has 0 saturated heterocycles. The van der Waals surface area contributed by atoms with E-state index in [0.29, 0.717) is 0 Å². The van der Waals surface area contributed by atoms with Crippen LogP contribution in [0.4, 0.5) is 17.1 Å². The van der Waals surface area contributed by atoms with E-state index in [-0.39, 0.29) is 10.8 Å². The second-order valence-corrected chi connectivity index (χ2v) is 16.1. The van der Waals surface area contributed by atoms with E-state index < -0.39 is 0 Å². The minimum Gasteiger partial charge on any atom is -0.456 e. The molecule has 0 bridgehead atoms. The lowest BCUT2D eigenvalue weighted by molar-refractivity contribution is 0.658. The lowest BCUT2D eigenvalue weighted by Crippen LogP contribution is -2.21. The quantitative estimate of drug-likeness (QED) is 0.182. The van der Waals surface area contributed by atoms with Crippen molar-refractivity contribution in [2.45, 2.75) is 38.5 Å². The molecule has 1 aromatic heterocycles. The van der Waals surface area contributed by atoms with Crippen molar-refractivity contribution in [1.82, 2.24) is 0 Å². The second-order valence-electron chi connectivity index (χ2n) is 16.1. The van der Waals surface area contributed by atoms with Crippen LogP contribution in [-0.4, -0.2) is 0 Å². The highest BCUT2D eigenvalue weighted by Crippen LogP contribution is 2.57. The molecule has 0 saturated carbocycles. The predicted octanol–water partition coefficient (Wildman–Crippen LogP) is 14.5. The number of nitrogens with zero attached hydrogens (tertiary/aromatic N) is 1. The molecule has 0 spiro atoms. The average Bonchev–Trinajstić information content (AvgIpc) is 3.77. The van der Waals surface area contributed by atoms with Crippen LogP contribution in [0.5, 0.6) is 0 Å². The number of fused-ring (bicyclic) bond motifs is 10. The van der Waals surface area contributed by atoms with Crippen LogP contribution in [0.1, 0.15) is 49.9 Å². The number of hydrogen-bond donors (Lipinski definition) is 0. The maximum absolute atomic E-state index is 6.61. The Kier molecular flexibility index (Phi) is 6.39. The summed E-state index contributed by atoms with van der Waals surface area (Å²) in [4.78, 5) is 2.54. The third kappa shape index (κ3) is 4.23. The van der Waals surface area contributed by atoms with E-state index in [2.05, 4.69) is 196 Å². The molecule has 0 amide bonds. The van der Waals surface area contributed by atoms with E-state index in [1.807, 2.05) is 0 Å². The fraction of sp³-hybridized carbons (Fsp3) is 0.115. The minimum atomic E-state index is -0.205. The summed E-state index contributed by atoms with van der Waals surface area (Å²) < 4.78 is 6.61. The highest BCUT2D eigenvalue weighted by Gasteiger charge is 2.40. The molecule has 0 radical (unpaired) electrons. The van der Waals surface area contributed by atoms with Crippen molar-refractivity contribution >= 4 is 49.8 Å². The summed E-state index contributed by atoms with van der Waals surface area (Å²) in [7, 11) is 0. The fourth-order valence-electron chi connectivity index (χ4n) is 9.88. The van der Waals surface area contributed by atoms with Crippen LogP contribution in [-0.2, 0) is 10.8 Å². The fourth-order valence-corrected chi connectivity index (χ4v) is 9.88. The van der Waals surface area contributed by atoms with Gasteiger partial charge >= 0.3 is 0 Å². The van der Waals surface area contributed by atoms with Gasteiger partial charge in [-0.15, -0.1) is 0 Å². The summed E-state index contributed by atoms with van der Waals surface area (Å²) in [6, 6.07) is 60.3. The molecule has 0 N–H and O–H groups in total. The van der Waals surface area contributed by atoms with Crippen molar-refractivity contribution in [3.8, 4) is 33.4 Å². The Morgan fingerprint density at radius 2 is 0.981 bits per heavy atom. The first-order valence-electron chi connectivity index (χ1n) is 19.0. The second kappa shape index (κ2) is 11.1. The number of benzene rings is 8. The third-order valence-electron chi connectivity index (χ3n) is 12.4. The van der Waals surface area contributed by atoms with E-state index in [1.54, 1.807) is 0 Å². The van der Waals surface area contributed by atoms with Crippen LogP contribution in [0.15, 0.2) is 168 Å². The van der Waals surface area contributed by atoms with E-state index in [1.165, 1.54) is 61.0 Å². The lowest BCUT2D eigenvalue weighted by atomic mass is 9.80. The van der Waals surface area contributed by atoms with Gasteiger partial charge in [-0.1, -0.05) is 149 Å². The molecule has 2 heteroatoms. The number of rotatable bonds is 4. The van der Waals surface area contributed by atoms with E-state index >= 15 is 0 Å². The maximum Gasteiger partial charge on any atom is 0.136 e. The molecule has 0 aliphatic heterocycles. The number of anilines is 3. The summed E-state index contributed by atoms with van der Waals surface area (Å²) in [6.07, 6.45) is 0. The van der Waals surface area contributed by atoms with Crippen molar-refractivity contribution < 1.29 is 4.42 Å². The largest absolute Gasteiger partial charge is 0.456 e. The Balaban J connectivity index is 1.20. The molecule has 2 aliphatic rings. The first-order chi connectivity index (χ1) is 26.3. The van der Waals surface area contributed by atoms with Crippen molar-refractivity contribution in [3.05, 3.63) is 186 Å². The van der Waals surface area contributed by atoms with Crippen molar-refractivity contribution in [2.24, 2.45) is 0 Å². The summed E-state index contributed by atoms with van der Waals surface area (Å²) in [5.41, 5.74) is 18.0. The first kappa shape index (κ1) is 31.2. The molecule has 11 rings (SSSR count). The van der Waals surface area contributed by atoms with Crippen LogP contribution in [0.25, 0.3) is 66.1 Å². The van der Waals surface area contributed by atoms with Gasteiger partial charge in [-0.05, 0) is 103 Å². The van der Waals surface area contributed by atoms with Gasteiger partial charge in [-0.3, -0.25) is 0 Å². The highest BCUT2D eigenvalue weighted by atomic mass is 16.3. The average molecular weight is 694 g/mol. The first-order valence-corrected chi connectivity index (χ1v) is 19.0. The van der Waals surface area contributed by atoms with Crippen molar-refractivity contribution in [2.75, 3.05) is 4.90 Å². The topological polar surface area (TPSA) is 16.4 Å². The summed E-state index contributed by atoms with van der Waals surface area (Å²) >= 11 is 0. The Morgan fingerprint density at radius 1 is 0.407 bits per heavy atom. The lowest BCUT2D eigenvalue weighted by Gasteiger charge is -2.34. The van der Waals surface area contributed by atoms with Gasteiger partial charge in [0.25, 0.3) is 0 Å². The van der Waals surface area contributed by atoms with Gasteiger partial charge in [0.15, 0.2) is 0 Å². The molecule has 0 unspecified atom stereocenters. The van der Waals surface area contributed by atoms with Gasteiger partial charge in [0.1, 0.15) is 11.2 Å². The van der Waals surface area contributed by atoms with Gasteiger partial charge in [-0.25, -0.2) is 0 Å². The van der Waals surface area contributed by atoms with Crippen LogP contribution >= 0.6 is 0 Å². The molecule has 258 valence electrons. The monoisotopic (exact) mass is 693 g/mol. The third-order valence-corrected chi connectivity index (χ3v) is 12.4. The van der Waals surface area contributed by atoms with Crippen LogP contribution in [0.2, 0.25) is 0 Å². The molecule has 0 atom stereocenters. The van der Waals surface area contributed by atoms with Gasteiger partial charge in [0, 0.05) is 32.9 Å². The molecule has 9 aromatic rings. The number of hydrogen-bond acceptors (Lipinski definition) is 2. The Labute approximate surface area is 315 Å². The van der Waals surface area contributed by atoms with Crippen LogP contribution in [0, 0.1) is 0 Å². The Bertz CT molecular complexity index is 3010. The normalized spacial score (nSPS) is 14.6. The molecule has 0 fully saturated rings. The summed E-state index contributed by atoms with van der Waals surface area (Å²) in [5.74, 6) is 0. The van der Waals surface area contributed by atoms with Gasteiger partial charge in [0.2, 0.25) is 0 Å². The van der Waals surface area contributed by atoms with Crippen molar-refractivity contribution in [3.63, 3.8) is 0 Å². The SMILES string of the molecule is CC1(C)c2ccccc2-c2ccc(N(c3ccccc3-c3cccc4oc5cc6ccccc6cc5c34)c3cccc4c3C(C)(C)c3ccccc3-4)cc21. The van der Waals surface area contributed by atoms with Gasteiger partial charge in [0.05, 0.1) is 11.4 Å². The highest BCUT2D eigenvalue weighted by molar-refractivity contribution is 6.16. The predicted molar refractivity (Wildman–Crippen MR) is 226 cm³/mol.